The first-order valence-electron chi connectivity index (χ1n) is 8.78. The first-order chi connectivity index (χ1) is 13.0. The Hall–Kier alpha value is -2.93. The van der Waals surface area contributed by atoms with E-state index in [0.717, 1.165) is 33.2 Å². The van der Waals surface area contributed by atoms with Crippen LogP contribution in [0.25, 0.3) is 16.2 Å². The smallest absolute Gasteiger partial charge is 0.271 e. The summed E-state index contributed by atoms with van der Waals surface area (Å²) in [5.41, 5.74) is 5.51. The summed E-state index contributed by atoms with van der Waals surface area (Å²) in [5, 5.41) is 9.12. The molecule has 0 radical (unpaired) electrons. The molecule has 1 atom stereocenters. The summed E-state index contributed by atoms with van der Waals surface area (Å²) < 4.78 is 1.88. The summed E-state index contributed by atoms with van der Waals surface area (Å²) in [6, 6.07) is 9.91. The molecule has 4 rings (SSSR count). The van der Waals surface area contributed by atoms with Crippen LogP contribution in [0.5, 0.6) is 0 Å². The highest BCUT2D eigenvalue weighted by molar-refractivity contribution is 7.15. The van der Waals surface area contributed by atoms with Gasteiger partial charge in [-0.2, -0.15) is 5.10 Å². The number of aromatic amines is 1. The molecule has 0 aliphatic rings. The van der Waals surface area contributed by atoms with Crippen LogP contribution in [0.4, 0.5) is 0 Å². The molecule has 1 aromatic carbocycles. The van der Waals surface area contributed by atoms with Crippen LogP contribution in [-0.2, 0) is 0 Å². The van der Waals surface area contributed by atoms with Crippen LogP contribution in [0.1, 0.15) is 40.4 Å². The summed E-state index contributed by atoms with van der Waals surface area (Å²) in [6.45, 7) is 5.96. The molecule has 3 heterocycles. The summed E-state index contributed by atoms with van der Waals surface area (Å²) in [7, 11) is 1.83. The van der Waals surface area contributed by atoms with Gasteiger partial charge >= 0.3 is 0 Å². The van der Waals surface area contributed by atoms with Crippen molar-refractivity contribution in [1.29, 1.82) is 0 Å². The third-order valence-corrected chi connectivity index (χ3v) is 5.84. The summed E-state index contributed by atoms with van der Waals surface area (Å²) >= 11 is 1.48. The number of nitrogens with zero attached hydrogens (tertiary/aromatic N) is 4. The van der Waals surface area contributed by atoms with E-state index in [2.05, 4.69) is 15.2 Å². The number of rotatable bonds is 4. The molecule has 1 amide bonds. The Kier molecular flexibility index (Phi) is 4.31. The van der Waals surface area contributed by atoms with Gasteiger partial charge in [-0.3, -0.25) is 14.3 Å². The van der Waals surface area contributed by atoms with Crippen molar-refractivity contribution < 1.29 is 4.79 Å². The van der Waals surface area contributed by atoms with Gasteiger partial charge in [0.15, 0.2) is 4.96 Å². The molecule has 0 spiro atoms. The lowest BCUT2D eigenvalue weighted by Gasteiger charge is -2.25. The number of imidazole rings is 1. The molecule has 0 saturated heterocycles. The van der Waals surface area contributed by atoms with Gasteiger partial charge in [-0.05, 0) is 20.8 Å². The molecule has 4 aromatic rings. The number of H-pyrrole nitrogens is 1. The fourth-order valence-electron chi connectivity index (χ4n) is 3.41. The molecular formula is C20H21N5OS. The predicted octanol–water partition coefficient (Wildman–Crippen LogP) is 4.24. The Balaban J connectivity index is 1.67. The van der Waals surface area contributed by atoms with Crippen molar-refractivity contribution >= 4 is 22.2 Å². The second-order valence-electron chi connectivity index (χ2n) is 6.71. The van der Waals surface area contributed by atoms with Crippen LogP contribution in [-0.4, -0.2) is 37.4 Å². The average molecular weight is 379 g/mol. The topological polar surface area (TPSA) is 66.3 Å². The Bertz CT molecular complexity index is 1090. The van der Waals surface area contributed by atoms with Crippen LogP contribution in [0.3, 0.4) is 0 Å². The van der Waals surface area contributed by atoms with E-state index in [9.17, 15) is 4.79 Å². The number of thiazole rings is 1. The number of aryl methyl sites for hydroxylation is 2. The third-order valence-electron chi connectivity index (χ3n) is 5.00. The average Bonchev–Trinajstić information content (AvgIpc) is 3.35. The van der Waals surface area contributed by atoms with Gasteiger partial charge in [0, 0.05) is 35.4 Å². The van der Waals surface area contributed by atoms with E-state index in [1.807, 2.05) is 74.1 Å². The number of carbonyl (C=O) groups excluding carboxylic acids is 1. The van der Waals surface area contributed by atoms with Gasteiger partial charge in [-0.15, -0.1) is 11.3 Å². The van der Waals surface area contributed by atoms with Crippen molar-refractivity contribution in [3.05, 3.63) is 64.6 Å². The molecule has 0 saturated carbocycles. The van der Waals surface area contributed by atoms with Gasteiger partial charge < -0.3 is 4.90 Å². The SMILES string of the molecule is Cc1n[nH]c(C)c1C(C)N(C)C(=O)c1csc2nc(-c3ccccc3)cn12. The van der Waals surface area contributed by atoms with Gasteiger partial charge in [-0.25, -0.2) is 4.98 Å². The fourth-order valence-corrected chi connectivity index (χ4v) is 4.26. The molecule has 0 fully saturated rings. The first kappa shape index (κ1) is 17.5. The fraction of sp³-hybridized carbons (Fsp3) is 0.250. The lowest BCUT2D eigenvalue weighted by molar-refractivity contribution is 0.0735. The van der Waals surface area contributed by atoms with E-state index >= 15 is 0 Å². The van der Waals surface area contributed by atoms with E-state index in [1.54, 1.807) is 4.90 Å². The van der Waals surface area contributed by atoms with Gasteiger partial charge in [-0.1, -0.05) is 30.3 Å². The molecule has 138 valence electrons. The van der Waals surface area contributed by atoms with Crippen molar-refractivity contribution in [2.24, 2.45) is 0 Å². The van der Waals surface area contributed by atoms with E-state index in [1.165, 1.54) is 11.3 Å². The lowest BCUT2D eigenvalue weighted by Crippen LogP contribution is -2.31. The molecule has 0 aliphatic heterocycles. The van der Waals surface area contributed by atoms with E-state index in [0.29, 0.717) is 5.69 Å². The number of hydrogen-bond donors (Lipinski definition) is 1. The standard InChI is InChI=1S/C20H21N5OS/c1-12-18(13(2)23-22-12)14(3)24(4)19(26)17-11-27-20-21-16(10-25(17)20)15-8-6-5-7-9-15/h5-11,14H,1-4H3,(H,22,23). The Morgan fingerprint density at radius 3 is 2.67 bits per heavy atom. The van der Waals surface area contributed by atoms with Crippen LogP contribution in [0.15, 0.2) is 41.9 Å². The maximum absolute atomic E-state index is 13.2. The number of aromatic nitrogens is 4. The number of benzene rings is 1. The van der Waals surface area contributed by atoms with Crippen molar-refractivity contribution in [2.45, 2.75) is 26.8 Å². The van der Waals surface area contributed by atoms with Crippen LogP contribution >= 0.6 is 11.3 Å². The quantitative estimate of drug-likeness (QED) is 0.577. The largest absolute Gasteiger partial charge is 0.333 e. The molecule has 1 unspecified atom stereocenters. The van der Waals surface area contributed by atoms with Gasteiger partial charge in [0.2, 0.25) is 0 Å². The maximum atomic E-state index is 13.2. The molecular weight excluding hydrogens is 358 g/mol. The van der Waals surface area contributed by atoms with Gasteiger partial charge in [0.1, 0.15) is 5.69 Å². The van der Waals surface area contributed by atoms with Gasteiger partial charge in [0.05, 0.1) is 17.4 Å². The zero-order valence-electron chi connectivity index (χ0n) is 15.7. The van der Waals surface area contributed by atoms with E-state index in [-0.39, 0.29) is 11.9 Å². The van der Waals surface area contributed by atoms with Crippen LogP contribution in [0.2, 0.25) is 0 Å². The molecule has 6 nitrogen and oxygen atoms in total. The minimum Gasteiger partial charge on any atom is -0.333 e. The number of nitrogens with one attached hydrogen (secondary N) is 1. The van der Waals surface area contributed by atoms with Crippen LogP contribution < -0.4 is 0 Å². The maximum Gasteiger partial charge on any atom is 0.271 e. The minimum absolute atomic E-state index is 0.0363. The third kappa shape index (κ3) is 2.94. The number of fused-ring (bicyclic) bond motifs is 1. The predicted molar refractivity (Wildman–Crippen MR) is 107 cm³/mol. The van der Waals surface area contributed by atoms with Crippen molar-refractivity contribution in [2.75, 3.05) is 7.05 Å². The Morgan fingerprint density at radius 2 is 2.00 bits per heavy atom. The highest BCUT2D eigenvalue weighted by Crippen LogP contribution is 2.28. The highest BCUT2D eigenvalue weighted by Gasteiger charge is 2.25. The van der Waals surface area contributed by atoms with Crippen LogP contribution in [0, 0.1) is 13.8 Å². The van der Waals surface area contributed by atoms with Crippen molar-refractivity contribution in [1.82, 2.24) is 24.5 Å². The molecule has 0 aliphatic carbocycles. The van der Waals surface area contributed by atoms with Gasteiger partial charge in [0.25, 0.3) is 5.91 Å². The zero-order chi connectivity index (χ0) is 19.1. The molecule has 1 N–H and O–H groups in total. The van der Waals surface area contributed by atoms with E-state index < -0.39 is 0 Å². The lowest BCUT2D eigenvalue weighted by atomic mass is 10.1. The Labute approximate surface area is 161 Å². The van der Waals surface area contributed by atoms with Crippen molar-refractivity contribution in [3.63, 3.8) is 0 Å². The number of carbonyl (C=O) groups is 1. The summed E-state index contributed by atoms with van der Waals surface area (Å²) in [4.78, 5) is 20.4. The zero-order valence-corrected chi connectivity index (χ0v) is 16.5. The highest BCUT2D eigenvalue weighted by atomic mass is 32.1. The van der Waals surface area contributed by atoms with E-state index in [4.69, 9.17) is 0 Å². The molecule has 7 heteroatoms. The molecule has 3 aromatic heterocycles. The second kappa shape index (κ2) is 6.66. The molecule has 0 bridgehead atoms. The second-order valence-corrected chi connectivity index (χ2v) is 7.54. The minimum atomic E-state index is -0.0803. The molecule has 27 heavy (non-hydrogen) atoms. The number of amides is 1. The monoisotopic (exact) mass is 379 g/mol. The normalized spacial score (nSPS) is 12.4. The van der Waals surface area contributed by atoms with Crippen molar-refractivity contribution in [3.8, 4) is 11.3 Å². The summed E-state index contributed by atoms with van der Waals surface area (Å²) in [6.07, 6.45) is 1.93. The first-order valence-corrected chi connectivity index (χ1v) is 9.66. The summed E-state index contributed by atoms with van der Waals surface area (Å²) in [5.74, 6) is -0.0363. The Morgan fingerprint density at radius 1 is 1.26 bits per heavy atom. The number of hydrogen-bond acceptors (Lipinski definition) is 4.